The number of piperidine rings is 1. The van der Waals surface area contributed by atoms with Crippen molar-refractivity contribution in [2.45, 2.75) is 38.0 Å². The van der Waals surface area contributed by atoms with Crippen molar-refractivity contribution in [2.75, 3.05) is 63.1 Å². The summed E-state index contributed by atoms with van der Waals surface area (Å²) in [6.07, 6.45) is 3.96. The smallest absolute Gasteiger partial charge is 0.223 e. The highest BCUT2D eigenvalue weighted by Gasteiger charge is 2.34. The number of likely N-dealkylation sites (tertiary alicyclic amines) is 1. The summed E-state index contributed by atoms with van der Waals surface area (Å²) in [5, 5.41) is 7.17. The Morgan fingerprint density at radius 2 is 1.65 bits per heavy atom. The molecule has 4 aliphatic heterocycles. The average Bonchev–Trinajstić information content (AvgIpc) is 3.84. The number of nitrogens with two attached hydrogens (primary N) is 1. The molecule has 16 nitrogen and oxygen atoms in total. The van der Waals surface area contributed by atoms with Gasteiger partial charge >= 0.3 is 0 Å². The zero-order valence-electron chi connectivity index (χ0n) is 29.8. The molecule has 1 unspecified atom stereocenters. The molecule has 0 radical (unpaired) electrons. The van der Waals surface area contributed by atoms with Crippen LogP contribution in [-0.4, -0.2) is 99.3 Å². The number of carbonyl (C=O) groups is 1. The molecule has 4 aliphatic rings. The van der Waals surface area contributed by atoms with Crippen molar-refractivity contribution in [1.29, 1.82) is 0 Å². The molecule has 3 saturated heterocycles. The van der Waals surface area contributed by atoms with E-state index in [1.807, 2.05) is 82.4 Å². The number of nitrogens with one attached hydrogen (secondary N) is 1. The standard InChI is InChI=1S/C38H42N10O6/c39-37-35-36(26-6-9-30(10-7-26)51-29-4-2-1-3-5-29)42-47(38(35)41-25-40-37)27-12-16-44(17-13-27)18-14-33(49)46-21-19-45(20-22-46)28-8-11-31-32(24-28)54-48(53-31)34-15-23-50-43-52-34/h1-11,24-25,27,34,43H,12-23H2,(H2,39,40,41). The molecule has 1 amide bonds. The van der Waals surface area contributed by atoms with Crippen LogP contribution < -0.4 is 30.7 Å². The van der Waals surface area contributed by atoms with Crippen LogP contribution in [0, 0.1) is 0 Å². The average molecular weight is 735 g/mol. The molecule has 3 aromatic carbocycles. The fourth-order valence-corrected chi connectivity index (χ4v) is 7.44. The maximum Gasteiger partial charge on any atom is 0.223 e. The molecule has 5 aromatic rings. The molecule has 6 heterocycles. The summed E-state index contributed by atoms with van der Waals surface area (Å²) in [6.45, 7) is 5.78. The molecule has 2 aromatic heterocycles. The second-order valence-electron chi connectivity index (χ2n) is 13.8. The van der Waals surface area contributed by atoms with Crippen LogP contribution in [0.25, 0.3) is 22.3 Å². The Bertz CT molecular complexity index is 2080. The number of para-hydroxylation sites is 1. The predicted octanol–water partition coefficient (Wildman–Crippen LogP) is 4.33. The molecule has 54 heavy (non-hydrogen) atoms. The molecule has 1 atom stereocenters. The van der Waals surface area contributed by atoms with Crippen molar-refractivity contribution < 1.29 is 28.9 Å². The van der Waals surface area contributed by atoms with Gasteiger partial charge in [-0.15, -0.1) is 0 Å². The lowest BCUT2D eigenvalue weighted by atomic mass is 10.0. The van der Waals surface area contributed by atoms with Crippen molar-refractivity contribution in [2.24, 2.45) is 0 Å². The van der Waals surface area contributed by atoms with Gasteiger partial charge in [-0.1, -0.05) is 23.8 Å². The van der Waals surface area contributed by atoms with E-state index < -0.39 is 6.23 Å². The minimum atomic E-state index is -0.424. The lowest BCUT2D eigenvalue weighted by Crippen LogP contribution is -2.49. The third-order valence-electron chi connectivity index (χ3n) is 10.4. The molecule has 9 rings (SSSR count). The Balaban J connectivity index is 0.767. The van der Waals surface area contributed by atoms with Crippen molar-refractivity contribution >= 4 is 28.4 Å². The van der Waals surface area contributed by atoms with Gasteiger partial charge in [0, 0.05) is 76.0 Å². The quantitative estimate of drug-likeness (QED) is 0.221. The van der Waals surface area contributed by atoms with Gasteiger partial charge in [-0.2, -0.15) is 5.10 Å². The minimum Gasteiger partial charge on any atom is -0.457 e. The number of nitrogens with zero attached hydrogens (tertiary/aromatic N) is 8. The third kappa shape index (κ3) is 7.09. The Kier molecular flexibility index (Phi) is 9.57. The number of anilines is 2. The largest absolute Gasteiger partial charge is 0.457 e. The number of rotatable bonds is 9. The van der Waals surface area contributed by atoms with Gasteiger partial charge in [-0.3, -0.25) is 14.5 Å². The molecule has 280 valence electrons. The van der Waals surface area contributed by atoms with Gasteiger partial charge in [0.25, 0.3) is 0 Å². The molecule has 0 aliphatic carbocycles. The predicted molar refractivity (Wildman–Crippen MR) is 198 cm³/mol. The van der Waals surface area contributed by atoms with E-state index in [2.05, 4.69) is 25.4 Å². The summed E-state index contributed by atoms with van der Waals surface area (Å²) in [7, 11) is 0. The van der Waals surface area contributed by atoms with Crippen LogP contribution in [0.15, 0.2) is 79.1 Å². The highest BCUT2D eigenvalue weighted by atomic mass is 17.0. The SMILES string of the molecule is Nc1ncnc2c1c(-c1ccc(Oc3ccccc3)cc1)nn2C1CCN(CCC(=O)N2CCN(c3ccc4c(c3)ON(C3CCONO3)O4)CC2)CC1. The Morgan fingerprint density at radius 1 is 0.870 bits per heavy atom. The van der Waals surface area contributed by atoms with E-state index in [0.717, 1.165) is 85.0 Å². The van der Waals surface area contributed by atoms with E-state index in [0.29, 0.717) is 49.9 Å². The Morgan fingerprint density at radius 3 is 2.43 bits per heavy atom. The second-order valence-corrected chi connectivity index (χ2v) is 13.8. The third-order valence-corrected chi connectivity index (χ3v) is 10.4. The van der Waals surface area contributed by atoms with E-state index in [1.54, 1.807) is 0 Å². The minimum absolute atomic E-state index is 0.155. The fraction of sp³-hybridized carbons (Fsp3) is 0.368. The van der Waals surface area contributed by atoms with E-state index in [9.17, 15) is 4.79 Å². The topological polar surface area (TPSA) is 158 Å². The first-order valence-electron chi connectivity index (χ1n) is 18.4. The lowest BCUT2D eigenvalue weighted by Gasteiger charge is -2.37. The number of carbonyl (C=O) groups excluding carboxylic acids is 1. The van der Waals surface area contributed by atoms with Gasteiger partial charge in [0.05, 0.1) is 23.3 Å². The van der Waals surface area contributed by atoms with Crippen LogP contribution in [0.4, 0.5) is 11.5 Å². The number of amides is 1. The summed E-state index contributed by atoms with van der Waals surface area (Å²) < 4.78 is 8.01. The number of piperazine rings is 1. The summed E-state index contributed by atoms with van der Waals surface area (Å²) >= 11 is 0. The second kappa shape index (κ2) is 15.1. The van der Waals surface area contributed by atoms with E-state index in [1.165, 1.54) is 11.6 Å². The molecular weight excluding hydrogens is 692 g/mol. The number of ether oxygens (including phenoxy) is 1. The van der Waals surface area contributed by atoms with Crippen LogP contribution >= 0.6 is 0 Å². The van der Waals surface area contributed by atoms with E-state index in [-0.39, 0.29) is 11.9 Å². The van der Waals surface area contributed by atoms with Crippen molar-refractivity contribution in [3.8, 4) is 34.3 Å². The first-order valence-corrected chi connectivity index (χ1v) is 18.4. The zero-order valence-corrected chi connectivity index (χ0v) is 29.8. The van der Waals surface area contributed by atoms with E-state index in [4.69, 9.17) is 34.9 Å². The number of nitrogen functional groups attached to an aromatic ring is 1. The van der Waals surface area contributed by atoms with Crippen molar-refractivity contribution in [1.82, 2.24) is 40.4 Å². The lowest BCUT2D eigenvalue weighted by molar-refractivity contribution is -0.376. The fourth-order valence-electron chi connectivity index (χ4n) is 7.44. The molecule has 0 spiro atoms. The first kappa shape index (κ1) is 34.3. The van der Waals surface area contributed by atoms with Crippen LogP contribution in [0.1, 0.15) is 31.7 Å². The number of fused-ring (bicyclic) bond motifs is 2. The van der Waals surface area contributed by atoms with Crippen molar-refractivity contribution in [3.63, 3.8) is 0 Å². The Hall–Kier alpha value is -5.52. The number of benzene rings is 3. The van der Waals surface area contributed by atoms with Crippen molar-refractivity contribution in [3.05, 3.63) is 79.1 Å². The summed E-state index contributed by atoms with van der Waals surface area (Å²) in [6, 6.07) is 23.6. The van der Waals surface area contributed by atoms with Crippen LogP contribution in [0.5, 0.6) is 23.0 Å². The highest BCUT2D eigenvalue weighted by molar-refractivity contribution is 5.98. The summed E-state index contributed by atoms with van der Waals surface area (Å²) in [5.41, 5.74) is 12.3. The van der Waals surface area contributed by atoms with Gasteiger partial charge in [-0.25, -0.2) is 14.6 Å². The van der Waals surface area contributed by atoms with Crippen LogP contribution in [-0.2, 0) is 14.5 Å². The highest BCUT2D eigenvalue weighted by Crippen LogP contribution is 2.39. The molecule has 0 bridgehead atoms. The normalized spacial score (nSPS) is 19.7. The Labute approximate surface area is 311 Å². The molecule has 3 fully saturated rings. The molecule has 16 heteroatoms. The first-order chi connectivity index (χ1) is 26.6. The molecular formula is C38H42N10O6. The van der Waals surface area contributed by atoms with Gasteiger partial charge in [0.2, 0.25) is 12.1 Å². The number of hydrogen-bond acceptors (Lipinski definition) is 14. The van der Waals surface area contributed by atoms with Gasteiger partial charge in [-0.05, 0) is 61.4 Å². The number of aromatic nitrogens is 4. The van der Waals surface area contributed by atoms with Gasteiger partial charge < -0.3 is 34.8 Å². The van der Waals surface area contributed by atoms with E-state index >= 15 is 0 Å². The van der Waals surface area contributed by atoms with Gasteiger partial charge in [0.15, 0.2) is 17.1 Å². The molecule has 3 N–H and O–H groups in total. The summed E-state index contributed by atoms with van der Waals surface area (Å²) in [5.74, 6) is 3.37. The monoisotopic (exact) mass is 734 g/mol. The maximum atomic E-state index is 13.3. The summed E-state index contributed by atoms with van der Waals surface area (Å²) in [4.78, 5) is 50.9. The van der Waals surface area contributed by atoms with Crippen LogP contribution in [0.2, 0.25) is 0 Å². The maximum absolute atomic E-state index is 13.3. The van der Waals surface area contributed by atoms with Crippen LogP contribution in [0.3, 0.4) is 0 Å². The zero-order chi connectivity index (χ0) is 36.4. The number of hydrogen-bond donors (Lipinski definition) is 2. The molecule has 0 saturated carbocycles. The number of hydroxylamine groups is 2. The van der Waals surface area contributed by atoms with Gasteiger partial charge in [0.1, 0.15) is 29.3 Å².